The van der Waals surface area contributed by atoms with Crippen LogP contribution >= 0.6 is 11.6 Å². The smallest absolute Gasteiger partial charge is 0.335 e. The fourth-order valence-electron chi connectivity index (χ4n) is 2.24. The molecule has 0 unspecified atom stereocenters. The maximum atomic E-state index is 14.1. The lowest BCUT2D eigenvalue weighted by molar-refractivity contribution is 0.0697. The number of benzene rings is 2. The zero-order chi connectivity index (χ0) is 15.9. The molecule has 0 saturated heterocycles. The van der Waals surface area contributed by atoms with Gasteiger partial charge in [0.25, 0.3) is 0 Å². The number of halogens is 3. The van der Waals surface area contributed by atoms with Gasteiger partial charge in [-0.05, 0) is 30.3 Å². The highest BCUT2D eigenvalue weighted by molar-refractivity contribution is 6.30. The van der Waals surface area contributed by atoms with E-state index in [1.165, 1.54) is 30.3 Å². The molecule has 3 rings (SSSR count). The molecule has 0 spiro atoms. The van der Waals surface area contributed by atoms with Crippen molar-refractivity contribution in [3.8, 4) is 11.3 Å². The monoisotopic (exact) mass is 319 g/mol. The summed E-state index contributed by atoms with van der Waals surface area (Å²) >= 11 is 5.72. The van der Waals surface area contributed by atoms with Gasteiger partial charge < -0.3 is 5.11 Å². The first-order chi connectivity index (χ1) is 10.5. The first-order valence-corrected chi connectivity index (χ1v) is 6.62. The molecule has 3 aromatic rings. The molecule has 0 aliphatic heterocycles. The Morgan fingerprint density at radius 3 is 2.50 bits per heavy atom. The molecule has 2 aromatic carbocycles. The van der Waals surface area contributed by atoms with Gasteiger partial charge in [0.05, 0.1) is 17.5 Å². The van der Waals surface area contributed by atoms with Crippen LogP contribution < -0.4 is 0 Å². The highest BCUT2D eigenvalue weighted by atomic mass is 35.5. The minimum Gasteiger partial charge on any atom is -0.478 e. The van der Waals surface area contributed by atoms with Gasteiger partial charge in [-0.3, -0.25) is 4.98 Å². The van der Waals surface area contributed by atoms with E-state index in [-0.39, 0.29) is 32.6 Å². The number of carboxylic acid groups (broad SMARTS) is 1. The van der Waals surface area contributed by atoms with Crippen molar-refractivity contribution < 1.29 is 18.7 Å². The van der Waals surface area contributed by atoms with E-state index in [4.69, 9.17) is 16.7 Å². The Morgan fingerprint density at radius 1 is 1.05 bits per heavy atom. The molecule has 0 aliphatic carbocycles. The molecular formula is C16H8ClF2NO2. The van der Waals surface area contributed by atoms with Gasteiger partial charge in [0.2, 0.25) is 0 Å². The topological polar surface area (TPSA) is 50.2 Å². The zero-order valence-electron chi connectivity index (χ0n) is 11.0. The Kier molecular flexibility index (Phi) is 3.50. The minimum atomic E-state index is -1.16. The maximum Gasteiger partial charge on any atom is 0.335 e. The summed E-state index contributed by atoms with van der Waals surface area (Å²) in [4.78, 5) is 15.0. The summed E-state index contributed by atoms with van der Waals surface area (Å²) in [6.07, 6.45) is 0.978. The number of nitrogens with zero attached hydrogens (tertiary/aromatic N) is 1. The van der Waals surface area contributed by atoms with Crippen LogP contribution in [0.25, 0.3) is 22.0 Å². The van der Waals surface area contributed by atoms with Crippen LogP contribution in [0.3, 0.4) is 0 Å². The van der Waals surface area contributed by atoms with Gasteiger partial charge in [-0.15, -0.1) is 0 Å². The standard InChI is InChI=1S/C16H8ClF2NO2/c17-9-2-4-11(13(18)6-9)15-12-5-8(16(21)22)1-3-10(12)14(19)7-20-15/h1-7H,(H,21,22). The summed E-state index contributed by atoms with van der Waals surface area (Å²) in [5.41, 5.74) is 0.251. The first-order valence-electron chi connectivity index (χ1n) is 6.24. The van der Waals surface area contributed by atoms with Gasteiger partial charge >= 0.3 is 5.97 Å². The molecule has 0 radical (unpaired) electrons. The van der Waals surface area contributed by atoms with Gasteiger partial charge in [-0.1, -0.05) is 17.7 Å². The minimum absolute atomic E-state index is 0.0319. The van der Waals surface area contributed by atoms with E-state index in [0.29, 0.717) is 0 Å². The molecule has 1 aromatic heterocycles. The third kappa shape index (κ3) is 2.40. The Bertz CT molecular complexity index is 912. The van der Waals surface area contributed by atoms with Crippen LogP contribution in [0.1, 0.15) is 10.4 Å². The second-order valence-corrected chi connectivity index (χ2v) is 5.08. The second kappa shape index (κ2) is 5.35. The summed E-state index contributed by atoms with van der Waals surface area (Å²) in [5.74, 6) is -2.38. The highest BCUT2D eigenvalue weighted by Gasteiger charge is 2.15. The molecule has 3 nitrogen and oxygen atoms in total. The van der Waals surface area contributed by atoms with Crippen molar-refractivity contribution in [2.24, 2.45) is 0 Å². The summed E-state index contributed by atoms with van der Waals surface area (Å²) in [7, 11) is 0. The van der Waals surface area contributed by atoms with Gasteiger partial charge in [-0.25, -0.2) is 13.6 Å². The van der Waals surface area contributed by atoms with Crippen LogP contribution in [-0.2, 0) is 0 Å². The molecule has 0 fully saturated rings. The number of hydrogen-bond donors (Lipinski definition) is 1. The number of carboxylic acids is 1. The lowest BCUT2D eigenvalue weighted by Gasteiger charge is -2.09. The third-order valence-electron chi connectivity index (χ3n) is 3.27. The molecule has 0 saturated carbocycles. The fourth-order valence-corrected chi connectivity index (χ4v) is 2.40. The van der Waals surface area contributed by atoms with E-state index in [9.17, 15) is 13.6 Å². The Labute approximate surface area is 128 Å². The molecule has 22 heavy (non-hydrogen) atoms. The van der Waals surface area contributed by atoms with Crippen molar-refractivity contribution in [2.75, 3.05) is 0 Å². The second-order valence-electron chi connectivity index (χ2n) is 4.64. The van der Waals surface area contributed by atoms with Crippen molar-refractivity contribution >= 4 is 28.3 Å². The van der Waals surface area contributed by atoms with Crippen LogP contribution in [0, 0.1) is 11.6 Å². The average Bonchev–Trinajstić information content (AvgIpc) is 2.48. The average molecular weight is 320 g/mol. The number of hydrogen-bond acceptors (Lipinski definition) is 2. The normalized spacial score (nSPS) is 10.9. The van der Waals surface area contributed by atoms with Gasteiger partial charge in [-0.2, -0.15) is 0 Å². The molecule has 6 heteroatoms. The van der Waals surface area contributed by atoms with Gasteiger partial charge in [0.1, 0.15) is 11.6 Å². The summed E-state index contributed by atoms with van der Waals surface area (Å²) in [6.45, 7) is 0. The number of carbonyl (C=O) groups is 1. The Morgan fingerprint density at radius 2 is 1.82 bits per heavy atom. The van der Waals surface area contributed by atoms with Crippen molar-refractivity contribution in [3.63, 3.8) is 0 Å². The quantitative estimate of drug-likeness (QED) is 0.755. The molecule has 0 atom stereocenters. The molecule has 110 valence electrons. The van der Waals surface area contributed by atoms with E-state index in [0.717, 1.165) is 12.3 Å². The van der Waals surface area contributed by atoms with Crippen molar-refractivity contribution in [3.05, 3.63) is 64.8 Å². The highest BCUT2D eigenvalue weighted by Crippen LogP contribution is 2.31. The van der Waals surface area contributed by atoms with E-state index < -0.39 is 17.6 Å². The van der Waals surface area contributed by atoms with E-state index in [1.54, 1.807) is 0 Å². The number of aromatic carboxylic acids is 1. The Hall–Kier alpha value is -2.53. The van der Waals surface area contributed by atoms with Gasteiger partial charge in [0.15, 0.2) is 0 Å². The van der Waals surface area contributed by atoms with Crippen molar-refractivity contribution in [2.45, 2.75) is 0 Å². The summed E-state index contributed by atoms with van der Waals surface area (Å²) in [5, 5.41) is 9.68. The molecular weight excluding hydrogens is 312 g/mol. The number of rotatable bonds is 2. The van der Waals surface area contributed by atoms with Crippen LogP contribution in [0.15, 0.2) is 42.6 Å². The fraction of sp³-hybridized carbons (Fsp3) is 0. The summed E-state index contributed by atoms with van der Waals surface area (Å²) in [6, 6.07) is 7.93. The van der Waals surface area contributed by atoms with Crippen molar-refractivity contribution in [1.29, 1.82) is 0 Å². The molecule has 0 aliphatic rings. The lowest BCUT2D eigenvalue weighted by Crippen LogP contribution is -1.98. The van der Waals surface area contributed by atoms with E-state index in [1.807, 2.05) is 0 Å². The van der Waals surface area contributed by atoms with Crippen molar-refractivity contribution in [1.82, 2.24) is 4.98 Å². The van der Waals surface area contributed by atoms with Crippen LogP contribution in [0.4, 0.5) is 8.78 Å². The SMILES string of the molecule is O=C(O)c1ccc2c(F)cnc(-c3ccc(Cl)cc3F)c2c1. The van der Waals surface area contributed by atoms with Crippen LogP contribution in [-0.4, -0.2) is 16.1 Å². The molecule has 0 bridgehead atoms. The predicted octanol–water partition coefficient (Wildman–Crippen LogP) is 4.53. The number of fused-ring (bicyclic) bond motifs is 1. The largest absolute Gasteiger partial charge is 0.478 e. The lowest BCUT2D eigenvalue weighted by atomic mass is 10.0. The summed E-state index contributed by atoms with van der Waals surface area (Å²) < 4.78 is 27.9. The van der Waals surface area contributed by atoms with Gasteiger partial charge in [0, 0.05) is 21.4 Å². The van der Waals surface area contributed by atoms with Crippen LogP contribution in [0.2, 0.25) is 5.02 Å². The number of pyridine rings is 1. The first kappa shape index (κ1) is 14.4. The van der Waals surface area contributed by atoms with E-state index in [2.05, 4.69) is 4.98 Å². The zero-order valence-corrected chi connectivity index (χ0v) is 11.7. The number of aromatic nitrogens is 1. The Balaban J connectivity index is 2.35. The molecule has 1 N–H and O–H groups in total. The predicted molar refractivity (Wildman–Crippen MR) is 79.1 cm³/mol. The van der Waals surface area contributed by atoms with Crippen LogP contribution in [0.5, 0.6) is 0 Å². The maximum absolute atomic E-state index is 14.1. The third-order valence-corrected chi connectivity index (χ3v) is 3.51. The van der Waals surface area contributed by atoms with E-state index >= 15 is 0 Å². The molecule has 0 amide bonds. The molecule has 1 heterocycles.